The van der Waals surface area contributed by atoms with Gasteiger partial charge in [0.05, 0.1) is 17.7 Å². The Bertz CT molecular complexity index is 529. The molecule has 0 aliphatic heterocycles. The zero-order valence-electron chi connectivity index (χ0n) is 9.99. The fraction of sp³-hybridized carbons (Fsp3) is 0.200. The second-order valence-corrected chi connectivity index (χ2v) is 3.31. The second-order valence-electron chi connectivity index (χ2n) is 3.31. The number of amides is 2. The number of nitrogens with two attached hydrogens (primary N) is 1. The minimum absolute atomic E-state index is 0.0442. The van der Waals surface area contributed by atoms with Crippen LogP contribution in [-0.4, -0.2) is 28.9 Å². The fourth-order valence-corrected chi connectivity index (χ4v) is 1.26. The van der Waals surface area contributed by atoms with E-state index in [9.17, 15) is 20.0 Å². The SMILES string of the molecule is CCOc1cc(C=NNC(N)=O)cc([N+](=O)[O-])c1O. The Balaban J connectivity index is 3.14. The lowest BCUT2D eigenvalue weighted by Crippen LogP contribution is -2.24. The van der Waals surface area contributed by atoms with Crippen molar-refractivity contribution >= 4 is 17.9 Å². The van der Waals surface area contributed by atoms with Gasteiger partial charge in [0.1, 0.15) is 0 Å². The van der Waals surface area contributed by atoms with Gasteiger partial charge in [0.15, 0.2) is 5.75 Å². The molecule has 0 fully saturated rings. The maximum Gasteiger partial charge on any atom is 0.332 e. The van der Waals surface area contributed by atoms with E-state index < -0.39 is 22.4 Å². The number of benzene rings is 1. The molecule has 9 heteroatoms. The maximum absolute atomic E-state index is 10.8. The van der Waals surface area contributed by atoms with E-state index in [0.29, 0.717) is 0 Å². The van der Waals surface area contributed by atoms with Crippen molar-refractivity contribution in [2.75, 3.05) is 6.61 Å². The summed E-state index contributed by atoms with van der Waals surface area (Å²) in [6.45, 7) is 1.89. The normalized spacial score (nSPS) is 10.4. The quantitative estimate of drug-likeness (QED) is 0.409. The van der Waals surface area contributed by atoms with E-state index in [0.717, 1.165) is 12.3 Å². The molecule has 9 nitrogen and oxygen atoms in total. The number of aromatic hydroxyl groups is 1. The smallest absolute Gasteiger partial charge is 0.332 e. The van der Waals surface area contributed by atoms with Gasteiger partial charge in [-0.05, 0) is 13.0 Å². The van der Waals surface area contributed by atoms with Gasteiger partial charge in [-0.3, -0.25) is 10.1 Å². The van der Waals surface area contributed by atoms with Gasteiger partial charge in [-0.25, -0.2) is 10.2 Å². The summed E-state index contributed by atoms with van der Waals surface area (Å²) < 4.78 is 5.07. The number of phenols is 1. The molecule has 1 aromatic rings. The zero-order chi connectivity index (χ0) is 14.4. The van der Waals surface area contributed by atoms with E-state index in [4.69, 9.17) is 10.5 Å². The minimum atomic E-state index is -0.866. The molecule has 0 aliphatic rings. The third kappa shape index (κ3) is 3.84. The Hall–Kier alpha value is -2.84. The van der Waals surface area contributed by atoms with Crippen molar-refractivity contribution in [2.24, 2.45) is 10.8 Å². The Morgan fingerprint density at radius 2 is 2.37 bits per heavy atom. The molecule has 0 atom stereocenters. The standard InChI is InChI=1S/C10H12N4O5/c1-2-19-8-4-6(5-12-13-10(11)16)3-7(9(8)15)14(17)18/h3-5,15H,2H2,1H3,(H3,11,13,16). The van der Waals surface area contributed by atoms with Crippen molar-refractivity contribution in [3.05, 3.63) is 27.8 Å². The first-order valence-electron chi connectivity index (χ1n) is 5.18. The zero-order valence-corrected chi connectivity index (χ0v) is 9.99. The van der Waals surface area contributed by atoms with Crippen LogP contribution in [-0.2, 0) is 0 Å². The second kappa shape index (κ2) is 6.19. The average molecular weight is 268 g/mol. The van der Waals surface area contributed by atoms with Gasteiger partial charge in [0.25, 0.3) is 0 Å². The van der Waals surface area contributed by atoms with Crippen LogP contribution < -0.4 is 15.9 Å². The molecule has 0 saturated heterocycles. The van der Waals surface area contributed by atoms with Crippen molar-refractivity contribution in [1.29, 1.82) is 0 Å². The summed E-state index contributed by atoms with van der Waals surface area (Å²) >= 11 is 0. The van der Waals surface area contributed by atoms with E-state index >= 15 is 0 Å². The number of primary amides is 1. The molecular formula is C10H12N4O5. The predicted octanol–water partition coefficient (Wildman–Crippen LogP) is 0.701. The number of carbonyl (C=O) groups excluding carboxylic acids is 1. The molecule has 0 aliphatic carbocycles. The molecule has 0 bridgehead atoms. The highest BCUT2D eigenvalue weighted by atomic mass is 16.6. The molecule has 19 heavy (non-hydrogen) atoms. The molecule has 102 valence electrons. The number of urea groups is 1. The summed E-state index contributed by atoms with van der Waals surface area (Å²) in [5.74, 6) is -0.607. The van der Waals surface area contributed by atoms with E-state index in [1.165, 1.54) is 6.07 Å². The number of nitro benzene ring substituents is 1. The monoisotopic (exact) mass is 268 g/mol. The molecule has 0 unspecified atom stereocenters. The number of nitrogens with one attached hydrogen (secondary N) is 1. The topological polar surface area (TPSA) is 140 Å². The first-order chi connectivity index (χ1) is 8.95. The van der Waals surface area contributed by atoms with Gasteiger partial charge >= 0.3 is 11.7 Å². The summed E-state index contributed by atoms with van der Waals surface area (Å²) in [4.78, 5) is 20.4. The Morgan fingerprint density at radius 3 is 2.89 bits per heavy atom. The summed E-state index contributed by atoms with van der Waals surface area (Å²) in [7, 11) is 0. The lowest BCUT2D eigenvalue weighted by Gasteiger charge is -2.07. The van der Waals surface area contributed by atoms with Crippen LogP contribution >= 0.6 is 0 Å². The van der Waals surface area contributed by atoms with Gasteiger partial charge in [0, 0.05) is 11.6 Å². The van der Waals surface area contributed by atoms with Crippen molar-refractivity contribution < 1.29 is 19.6 Å². The average Bonchev–Trinajstić information content (AvgIpc) is 2.32. The van der Waals surface area contributed by atoms with Crippen molar-refractivity contribution in [3.8, 4) is 11.5 Å². The van der Waals surface area contributed by atoms with Crippen LogP contribution in [0.1, 0.15) is 12.5 Å². The lowest BCUT2D eigenvalue weighted by molar-refractivity contribution is -0.386. The molecule has 0 saturated carbocycles. The number of phenolic OH excluding ortho intramolecular Hbond substituents is 1. The van der Waals surface area contributed by atoms with Crippen LogP contribution in [0.5, 0.6) is 11.5 Å². The van der Waals surface area contributed by atoms with Crippen LogP contribution in [0, 0.1) is 10.1 Å². The van der Waals surface area contributed by atoms with Crippen LogP contribution in [0.3, 0.4) is 0 Å². The van der Waals surface area contributed by atoms with Gasteiger partial charge in [-0.15, -0.1) is 0 Å². The molecule has 2 amide bonds. The molecule has 0 aromatic heterocycles. The number of hydrazone groups is 1. The van der Waals surface area contributed by atoms with Crippen LogP contribution in [0.4, 0.5) is 10.5 Å². The van der Waals surface area contributed by atoms with E-state index in [-0.39, 0.29) is 17.9 Å². The highest BCUT2D eigenvalue weighted by Gasteiger charge is 2.19. The van der Waals surface area contributed by atoms with Gasteiger partial charge in [-0.2, -0.15) is 5.10 Å². The number of nitrogens with zero attached hydrogens (tertiary/aromatic N) is 2. The highest BCUT2D eigenvalue weighted by Crippen LogP contribution is 2.36. The van der Waals surface area contributed by atoms with Crippen molar-refractivity contribution in [1.82, 2.24) is 5.43 Å². The Kier molecular flexibility index (Phi) is 4.63. The number of hydrogen-bond donors (Lipinski definition) is 3. The number of carbonyl (C=O) groups is 1. The van der Waals surface area contributed by atoms with Gasteiger partial charge in [-0.1, -0.05) is 0 Å². The van der Waals surface area contributed by atoms with Crippen LogP contribution in [0.2, 0.25) is 0 Å². The largest absolute Gasteiger partial charge is 0.500 e. The Labute approximate surface area is 107 Å². The number of rotatable bonds is 5. The fourth-order valence-electron chi connectivity index (χ4n) is 1.26. The third-order valence-corrected chi connectivity index (χ3v) is 1.96. The first-order valence-corrected chi connectivity index (χ1v) is 5.18. The molecule has 1 aromatic carbocycles. The number of hydrogen-bond acceptors (Lipinski definition) is 6. The maximum atomic E-state index is 10.8. The first kappa shape index (κ1) is 14.2. The summed E-state index contributed by atoms with van der Waals surface area (Å²) in [6, 6.07) is 1.57. The number of ether oxygens (including phenoxy) is 1. The van der Waals surface area contributed by atoms with Crippen molar-refractivity contribution in [2.45, 2.75) is 6.92 Å². The highest BCUT2D eigenvalue weighted by molar-refractivity contribution is 5.84. The molecule has 0 heterocycles. The van der Waals surface area contributed by atoms with Crippen molar-refractivity contribution in [3.63, 3.8) is 0 Å². The summed E-state index contributed by atoms with van der Waals surface area (Å²) in [5, 5.41) is 23.9. The van der Waals surface area contributed by atoms with E-state index in [1.807, 2.05) is 5.43 Å². The minimum Gasteiger partial charge on any atom is -0.500 e. The molecule has 4 N–H and O–H groups in total. The van der Waals surface area contributed by atoms with Gasteiger partial charge in [0.2, 0.25) is 5.75 Å². The number of nitro groups is 1. The van der Waals surface area contributed by atoms with Gasteiger partial charge < -0.3 is 15.6 Å². The van der Waals surface area contributed by atoms with Crippen LogP contribution in [0.15, 0.2) is 17.2 Å². The molecular weight excluding hydrogens is 256 g/mol. The lowest BCUT2D eigenvalue weighted by atomic mass is 10.2. The third-order valence-electron chi connectivity index (χ3n) is 1.96. The molecule has 0 spiro atoms. The molecule has 0 radical (unpaired) electrons. The van der Waals surface area contributed by atoms with E-state index in [1.54, 1.807) is 6.92 Å². The van der Waals surface area contributed by atoms with Crippen LogP contribution in [0.25, 0.3) is 0 Å². The van der Waals surface area contributed by atoms with E-state index in [2.05, 4.69) is 5.10 Å². The Morgan fingerprint density at radius 1 is 1.68 bits per heavy atom. The predicted molar refractivity (Wildman–Crippen MR) is 66.2 cm³/mol. The molecule has 1 rings (SSSR count). The summed E-state index contributed by atoms with van der Waals surface area (Å²) in [5.41, 5.74) is 6.49. The summed E-state index contributed by atoms with van der Waals surface area (Å²) in [6.07, 6.45) is 1.14.